The molecular formula is C20H26N4O8. The monoisotopic (exact) mass is 450 g/mol. The van der Waals surface area contributed by atoms with Crippen molar-refractivity contribution in [2.75, 3.05) is 0 Å². The molecule has 0 aliphatic heterocycles. The smallest absolute Gasteiger partial charge is 0.333 e. The fourth-order valence-corrected chi connectivity index (χ4v) is 3.33. The molecule has 0 aliphatic carbocycles. The van der Waals surface area contributed by atoms with Crippen LogP contribution < -0.4 is 22.5 Å². The number of carbonyl (C=O) groups is 2. The Morgan fingerprint density at radius 3 is 1.22 bits per heavy atom. The van der Waals surface area contributed by atoms with Gasteiger partial charge in [-0.1, -0.05) is 12.8 Å². The van der Waals surface area contributed by atoms with Gasteiger partial charge in [-0.3, -0.25) is 37.4 Å². The van der Waals surface area contributed by atoms with E-state index in [1.807, 2.05) is 0 Å². The van der Waals surface area contributed by atoms with Crippen LogP contribution in [0.15, 0.2) is 19.2 Å². The summed E-state index contributed by atoms with van der Waals surface area (Å²) in [6, 6.07) is 0. The number of Topliss-reactive ketones (excluding diaryl/α,β-unsaturated/α-hetero) is 2. The summed E-state index contributed by atoms with van der Waals surface area (Å²) in [5.74, 6) is -2.53. The SMILES string of the molecule is Cn1c(O)c(C(=O)CCCCCCC(=O)c2c(O)n(C)c(=O)n(C)c2=O)c(=O)n(C)c1=O. The van der Waals surface area contributed by atoms with E-state index in [1.54, 1.807) is 0 Å². The molecule has 0 amide bonds. The number of ketones is 2. The summed E-state index contributed by atoms with van der Waals surface area (Å²) < 4.78 is 3.13. The average molecular weight is 450 g/mol. The molecule has 0 radical (unpaired) electrons. The number of nitrogens with zero attached hydrogens (tertiary/aromatic N) is 4. The Labute approximate surface area is 181 Å². The Balaban J connectivity index is 1.93. The van der Waals surface area contributed by atoms with Gasteiger partial charge in [0, 0.05) is 41.0 Å². The second-order valence-corrected chi connectivity index (χ2v) is 7.57. The van der Waals surface area contributed by atoms with E-state index in [-0.39, 0.29) is 12.8 Å². The van der Waals surface area contributed by atoms with E-state index in [2.05, 4.69) is 0 Å². The van der Waals surface area contributed by atoms with Crippen molar-refractivity contribution in [2.24, 2.45) is 28.2 Å². The largest absolute Gasteiger partial charge is 0.494 e. The molecule has 2 N–H and O–H groups in total. The van der Waals surface area contributed by atoms with Crippen molar-refractivity contribution in [3.05, 3.63) is 52.8 Å². The van der Waals surface area contributed by atoms with Gasteiger partial charge in [0.2, 0.25) is 11.8 Å². The summed E-state index contributed by atoms with van der Waals surface area (Å²) in [5, 5.41) is 20.0. The topological polar surface area (TPSA) is 163 Å². The van der Waals surface area contributed by atoms with Crippen molar-refractivity contribution in [2.45, 2.75) is 38.5 Å². The molecule has 0 bridgehead atoms. The third-order valence-electron chi connectivity index (χ3n) is 5.38. The van der Waals surface area contributed by atoms with E-state index in [4.69, 9.17) is 0 Å². The van der Waals surface area contributed by atoms with Gasteiger partial charge in [-0.2, -0.15) is 0 Å². The lowest BCUT2D eigenvalue weighted by molar-refractivity contribution is 0.0959. The molecule has 0 aromatic carbocycles. The number of hydrogen-bond acceptors (Lipinski definition) is 8. The lowest BCUT2D eigenvalue weighted by Crippen LogP contribution is -2.40. The number of aromatic hydroxyl groups is 2. The maximum absolute atomic E-state index is 12.4. The van der Waals surface area contributed by atoms with E-state index in [1.165, 1.54) is 28.2 Å². The molecule has 2 rings (SSSR count). The predicted molar refractivity (Wildman–Crippen MR) is 114 cm³/mol. The van der Waals surface area contributed by atoms with Gasteiger partial charge in [-0.25, -0.2) is 9.59 Å². The van der Waals surface area contributed by atoms with Crippen LogP contribution in [0, 0.1) is 0 Å². The highest BCUT2D eigenvalue weighted by atomic mass is 16.3. The fourth-order valence-electron chi connectivity index (χ4n) is 3.33. The van der Waals surface area contributed by atoms with Crippen LogP contribution in [0.4, 0.5) is 0 Å². The summed E-state index contributed by atoms with van der Waals surface area (Å²) in [4.78, 5) is 72.5. The molecule has 0 saturated carbocycles. The molecule has 32 heavy (non-hydrogen) atoms. The molecule has 174 valence electrons. The first-order valence-electron chi connectivity index (χ1n) is 9.96. The van der Waals surface area contributed by atoms with Crippen LogP contribution >= 0.6 is 0 Å². The molecule has 2 aromatic heterocycles. The molecule has 0 unspecified atom stereocenters. The van der Waals surface area contributed by atoms with Gasteiger partial charge in [-0.05, 0) is 12.8 Å². The van der Waals surface area contributed by atoms with Gasteiger partial charge < -0.3 is 10.2 Å². The zero-order valence-electron chi connectivity index (χ0n) is 18.4. The predicted octanol–water partition coefficient (Wildman–Crippen LogP) is -0.701. The Kier molecular flexibility index (Phi) is 7.39. The van der Waals surface area contributed by atoms with Crippen LogP contribution in [0.3, 0.4) is 0 Å². The van der Waals surface area contributed by atoms with Gasteiger partial charge in [0.15, 0.2) is 11.6 Å². The average Bonchev–Trinajstić information content (AvgIpc) is 2.76. The highest BCUT2D eigenvalue weighted by molar-refractivity contribution is 5.98. The summed E-state index contributed by atoms with van der Waals surface area (Å²) >= 11 is 0. The number of carbonyl (C=O) groups excluding carboxylic acids is 2. The van der Waals surface area contributed by atoms with Crippen molar-refractivity contribution in [3.8, 4) is 11.8 Å². The summed E-state index contributed by atoms with van der Waals surface area (Å²) in [7, 11) is 4.93. The molecule has 0 aliphatic rings. The van der Waals surface area contributed by atoms with Crippen LogP contribution in [0.25, 0.3) is 0 Å². The third kappa shape index (κ3) is 4.48. The summed E-state index contributed by atoms with van der Waals surface area (Å²) in [6.07, 6.45) is 1.76. The number of aromatic nitrogens is 4. The molecule has 0 saturated heterocycles. The lowest BCUT2D eigenvalue weighted by Gasteiger charge is -2.10. The third-order valence-corrected chi connectivity index (χ3v) is 5.38. The number of hydrogen-bond donors (Lipinski definition) is 2. The second kappa shape index (κ2) is 9.62. The standard InChI is InChI=1S/C20H26N4O8/c1-21-15(27)13(16(28)22(2)19(21)31)11(25)9-7-5-6-8-10-12(26)14-17(29)23(3)20(32)24(4)18(14)30/h27,29H,5-10H2,1-4H3. The highest BCUT2D eigenvalue weighted by Gasteiger charge is 2.22. The van der Waals surface area contributed by atoms with Gasteiger partial charge >= 0.3 is 11.4 Å². The minimum Gasteiger partial charge on any atom is -0.494 e. The van der Waals surface area contributed by atoms with E-state index < -0.39 is 57.0 Å². The molecule has 12 nitrogen and oxygen atoms in total. The maximum Gasteiger partial charge on any atom is 0.333 e. The lowest BCUT2D eigenvalue weighted by atomic mass is 10.0. The molecule has 0 atom stereocenters. The zero-order valence-corrected chi connectivity index (χ0v) is 18.4. The van der Waals surface area contributed by atoms with Crippen LogP contribution in [0.1, 0.15) is 59.2 Å². The van der Waals surface area contributed by atoms with Crippen LogP contribution in [-0.4, -0.2) is 40.0 Å². The summed E-state index contributed by atoms with van der Waals surface area (Å²) in [6.45, 7) is 0. The Bertz CT molecular complexity index is 1210. The van der Waals surface area contributed by atoms with Gasteiger partial charge in [0.05, 0.1) is 0 Å². The Morgan fingerprint density at radius 1 is 0.594 bits per heavy atom. The molecule has 12 heteroatoms. The van der Waals surface area contributed by atoms with Crippen molar-refractivity contribution in [1.82, 2.24) is 18.3 Å². The van der Waals surface area contributed by atoms with Gasteiger partial charge in [0.1, 0.15) is 11.1 Å². The molecule has 2 heterocycles. The normalized spacial score (nSPS) is 11.0. The van der Waals surface area contributed by atoms with Crippen molar-refractivity contribution >= 4 is 11.6 Å². The molecule has 0 fully saturated rings. The van der Waals surface area contributed by atoms with Crippen LogP contribution in [0.2, 0.25) is 0 Å². The number of unbranched alkanes of at least 4 members (excludes halogenated alkanes) is 3. The van der Waals surface area contributed by atoms with E-state index in [0.717, 1.165) is 18.3 Å². The quantitative estimate of drug-likeness (QED) is 0.374. The second-order valence-electron chi connectivity index (χ2n) is 7.57. The fraction of sp³-hybridized carbons (Fsp3) is 0.500. The van der Waals surface area contributed by atoms with Crippen LogP contribution in [0.5, 0.6) is 11.8 Å². The van der Waals surface area contributed by atoms with E-state index in [0.29, 0.717) is 25.7 Å². The first-order chi connectivity index (χ1) is 14.9. The Hall–Kier alpha value is -3.70. The molecular weight excluding hydrogens is 424 g/mol. The van der Waals surface area contributed by atoms with Gasteiger partial charge in [0.25, 0.3) is 11.1 Å². The zero-order chi connectivity index (χ0) is 24.3. The molecule has 0 spiro atoms. The summed E-state index contributed by atoms with van der Waals surface area (Å²) in [5.41, 5.74) is -4.09. The van der Waals surface area contributed by atoms with Crippen molar-refractivity contribution in [3.63, 3.8) is 0 Å². The first-order valence-corrected chi connectivity index (χ1v) is 9.96. The van der Waals surface area contributed by atoms with Gasteiger partial charge in [-0.15, -0.1) is 0 Å². The molecule has 2 aromatic rings. The van der Waals surface area contributed by atoms with E-state index in [9.17, 15) is 39.0 Å². The number of rotatable bonds is 9. The highest BCUT2D eigenvalue weighted by Crippen LogP contribution is 2.16. The van der Waals surface area contributed by atoms with E-state index >= 15 is 0 Å². The first kappa shape index (κ1) is 24.6. The Morgan fingerprint density at radius 2 is 0.906 bits per heavy atom. The van der Waals surface area contributed by atoms with Crippen LogP contribution in [-0.2, 0) is 28.2 Å². The van der Waals surface area contributed by atoms with Crippen molar-refractivity contribution in [1.29, 1.82) is 0 Å². The minimum absolute atomic E-state index is 0.0307. The van der Waals surface area contributed by atoms with Crippen molar-refractivity contribution < 1.29 is 19.8 Å². The maximum atomic E-state index is 12.4. The minimum atomic E-state index is -0.861.